The van der Waals surface area contributed by atoms with Crippen LogP contribution in [0.5, 0.6) is 5.75 Å². The monoisotopic (exact) mass is 298 g/mol. The van der Waals surface area contributed by atoms with E-state index in [0.717, 1.165) is 24.1 Å². The lowest BCUT2D eigenvalue weighted by Gasteiger charge is -2.17. The number of hydrogen-bond acceptors (Lipinski definition) is 4. The summed E-state index contributed by atoms with van der Waals surface area (Å²) in [5.41, 5.74) is 2.72. The first-order valence-electron chi connectivity index (χ1n) is 7.52. The van der Waals surface area contributed by atoms with E-state index in [0.29, 0.717) is 30.0 Å². The maximum absolute atomic E-state index is 12.4. The Labute approximate surface area is 128 Å². The molecule has 0 spiro atoms. The van der Waals surface area contributed by atoms with E-state index in [1.165, 1.54) is 0 Å². The lowest BCUT2D eigenvalue weighted by atomic mass is 9.90. The van der Waals surface area contributed by atoms with Crippen molar-refractivity contribution in [1.82, 2.24) is 9.78 Å². The molecule has 0 saturated carbocycles. The lowest BCUT2D eigenvalue weighted by Crippen LogP contribution is -2.18. The van der Waals surface area contributed by atoms with Gasteiger partial charge in [-0.1, -0.05) is 12.1 Å². The molecule has 0 atom stereocenters. The van der Waals surface area contributed by atoms with Crippen LogP contribution in [0.25, 0.3) is 0 Å². The summed E-state index contributed by atoms with van der Waals surface area (Å²) in [6.07, 6.45) is 2.12. The normalized spacial score (nSPS) is 13.8. The molecule has 0 amide bonds. The number of carbonyl (C=O) groups excluding carboxylic acids is 2. The Kier molecular flexibility index (Phi) is 3.79. The molecule has 1 aliphatic carbocycles. The number of Topliss-reactive ketones (excluding diaryl/α,β-unsaturated/α-hetero) is 1. The van der Waals surface area contributed by atoms with Crippen LogP contribution in [0.4, 0.5) is 0 Å². The van der Waals surface area contributed by atoms with Gasteiger partial charge in [-0.05, 0) is 38.8 Å². The van der Waals surface area contributed by atoms with Crippen LogP contribution in [0, 0.1) is 6.92 Å². The average Bonchev–Trinajstić information content (AvgIpc) is 2.89. The number of nitrogens with zero attached hydrogens (tertiary/aromatic N) is 2. The largest absolute Gasteiger partial charge is 0.421 e. The van der Waals surface area contributed by atoms with E-state index < -0.39 is 5.97 Å². The van der Waals surface area contributed by atoms with Crippen LogP contribution >= 0.6 is 0 Å². The summed E-state index contributed by atoms with van der Waals surface area (Å²) in [5, 5.41) is 4.25. The van der Waals surface area contributed by atoms with Gasteiger partial charge < -0.3 is 4.74 Å². The van der Waals surface area contributed by atoms with Crippen molar-refractivity contribution in [3.63, 3.8) is 0 Å². The molecule has 1 aliphatic rings. The second kappa shape index (κ2) is 5.75. The number of benzene rings is 1. The third-order valence-electron chi connectivity index (χ3n) is 3.88. The molecule has 0 bridgehead atoms. The molecule has 114 valence electrons. The fourth-order valence-electron chi connectivity index (χ4n) is 2.84. The van der Waals surface area contributed by atoms with Crippen LogP contribution in [-0.2, 0) is 13.0 Å². The second-order valence-corrected chi connectivity index (χ2v) is 5.44. The first-order valence-corrected chi connectivity index (χ1v) is 7.52. The Morgan fingerprint density at radius 1 is 1.36 bits per heavy atom. The van der Waals surface area contributed by atoms with Crippen LogP contribution in [0.2, 0.25) is 0 Å². The van der Waals surface area contributed by atoms with E-state index >= 15 is 0 Å². The topological polar surface area (TPSA) is 61.2 Å². The minimum absolute atomic E-state index is 0.119. The van der Waals surface area contributed by atoms with Gasteiger partial charge in [0.05, 0.1) is 5.69 Å². The molecule has 2 aromatic rings. The Morgan fingerprint density at radius 2 is 2.18 bits per heavy atom. The minimum atomic E-state index is -0.436. The number of ketones is 1. The molecule has 5 heteroatoms. The summed E-state index contributed by atoms with van der Waals surface area (Å²) in [7, 11) is 0. The highest BCUT2D eigenvalue weighted by molar-refractivity contribution is 5.99. The Hall–Kier alpha value is -2.43. The SMILES string of the molecule is CCn1nc(C)cc1C(=O)Oc1cccc2c1CCCC2=O. The van der Waals surface area contributed by atoms with Crippen molar-refractivity contribution >= 4 is 11.8 Å². The zero-order chi connectivity index (χ0) is 15.7. The molecule has 5 nitrogen and oxygen atoms in total. The Morgan fingerprint density at radius 3 is 2.95 bits per heavy atom. The van der Waals surface area contributed by atoms with Gasteiger partial charge >= 0.3 is 5.97 Å². The summed E-state index contributed by atoms with van der Waals surface area (Å²) in [4.78, 5) is 24.3. The number of fused-ring (bicyclic) bond motifs is 1. The first-order chi connectivity index (χ1) is 10.6. The van der Waals surface area contributed by atoms with Crippen LogP contribution in [0.1, 0.15) is 51.9 Å². The van der Waals surface area contributed by atoms with E-state index in [1.807, 2.05) is 13.8 Å². The van der Waals surface area contributed by atoms with Crippen LogP contribution in [-0.4, -0.2) is 21.5 Å². The highest BCUT2D eigenvalue weighted by Gasteiger charge is 2.23. The van der Waals surface area contributed by atoms with Crippen LogP contribution in [0.3, 0.4) is 0 Å². The summed E-state index contributed by atoms with van der Waals surface area (Å²) in [5.74, 6) is 0.166. The molecule has 0 saturated heterocycles. The molecule has 0 unspecified atom stereocenters. The number of hydrogen-bond donors (Lipinski definition) is 0. The van der Waals surface area contributed by atoms with Gasteiger partial charge in [0.25, 0.3) is 0 Å². The van der Waals surface area contributed by atoms with Crippen LogP contribution in [0.15, 0.2) is 24.3 Å². The fourth-order valence-corrected chi connectivity index (χ4v) is 2.84. The number of ether oxygens (including phenoxy) is 1. The number of carbonyl (C=O) groups is 2. The van der Waals surface area contributed by atoms with E-state index in [1.54, 1.807) is 28.9 Å². The van der Waals surface area contributed by atoms with Gasteiger partial charge in [0.1, 0.15) is 11.4 Å². The van der Waals surface area contributed by atoms with Gasteiger partial charge in [-0.15, -0.1) is 0 Å². The molecule has 1 aromatic heterocycles. The standard InChI is InChI=1S/C17H18N2O3/c1-3-19-14(10-11(2)18-19)17(21)22-16-9-5-6-12-13(16)7-4-8-15(12)20/h5-6,9-10H,3-4,7-8H2,1-2H3. The summed E-state index contributed by atoms with van der Waals surface area (Å²) < 4.78 is 7.17. The lowest BCUT2D eigenvalue weighted by molar-refractivity contribution is 0.0718. The maximum Gasteiger partial charge on any atom is 0.362 e. The Balaban J connectivity index is 1.92. The van der Waals surface area contributed by atoms with Crippen molar-refractivity contribution in [2.45, 2.75) is 39.7 Å². The molecular weight excluding hydrogens is 280 g/mol. The van der Waals surface area contributed by atoms with E-state index in [2.05, 4.69) is 5.10 Å². The van der Waals surface area contributed by atoms with Crippen molar-refractivity contribution in [3.05, 3.63) is 46.8 Å². The molecule has 0 fully saturated rings. The molecule has 0 aliphatic heterocycles. The van der Waals surface area contributed by atoms with Crippen molar-refractivity contribution < 1.29 is 14.3 Å². The number of rotatable bonds is 3. The van der Waals surface area contributed by atoms with E-state index in [-0.39, 0.29) is 5.78 Å². The second-order valence-electron chi connectivity index (χ2n) is 5.44. The van der Waals surface area contributed by atoms with Crippen molar-refractivity contribution in [2.24, 2.45) is 0 Å². The highest BCUT2D eigenvalue weighted by atomic mass is 16.5. The molecule has 1 heterocycles. The summed E-state index contributed by atoms with van der Waals surface area (Å²) in [6.45, 7) is 4.36. The minimum Gasteiger partial charge on any atom is -0.421 e. The molecule has 3 rings (SSSR count). The third kappa shape index (κ3) is 2.54. The zero-order valence-corrected chi connectivity index (χ0v) is 12.8. The molecule has 0 radical (unpaired) electrons. The van der Waals surface area contributed by atoms with Gasteiger partial charge in [-0.25, -0.2) is 4.79 Å². The zero-order valence-electron chi connectivity index (χ0n) is 12.8. The van der Waals surface area contributed by atoms with Crippen molar-refractivity contribution in [1.29, 1.82) is 0 Å². The van der Waals surface area contributed by atoms with Gasteiger partial charge in [-0.2, -0.15) is 5.10 Å². The van der Waals surface area contributed by atoms with Gasteiger partial charge in [0.15, 0.2) is 5.78 Å². The number of aryl methyl sites for hydroxylation is 2. The van der Waals surface area contributed by atoms with E-state index in [9.17, 15) is 9.59 Å². The summed E-state index contributed by atoms with van der Waals surface area (Å²) >= 11 is 0. The summed E-state index contributed by atoms with van der Waals surface area (Å²) in [6, 6.07) is 7.02. The average molecular weight is 298 g/mol. The fraction of sp³-hybridized carbons (Fsp3) is 0.353. The Bertz CT molecular complexity index is 746. The molecule has 0 N–H and O–H groups in total. The molecule has 22 heavy (non-hydrogen) atoms. The van der Waals surface area contributed by atoms with Crippen molar-refractivity contribution in [2.75, 3.05) is 0 Å². The first kappa shape index (κ1) is 14.5. The van der Waals surface area contributed by atoms with Gasteiger partial charge in [-0.3, -0.25) is 9.48 Å². The molecular formula is C17H18N2O3. The van der Waals surface area contributed by atoms with Gasteiger partial charge in [0, 0.05) is 24.1 Å². The highest BCUT2D eigenvalue weighted by Crippen LogP contribution is 2.30. The van der Waals surface area contributed by atoms with E-state index in [4.69, 9.17) is 4.74 Å². The smallest absolute Gasteiger partial charge is 0.362 e. The predicted octanol–water partition coefficient (Wildman–Crippen LogP) is 2.95. The number of aromatic nitrogens is 2. The predicted molar refractivity (Wildman–Crippen MR) is 81.3 cm³/mol. The third-order valence-corrected chi connectivity index (χ3v) is 3.88. The quantitative estimate of drug-likeness (QED) is 0.645. The van der Waals surface area contributed by atoms with Crippen molar-refractivity contribution in [3.8, 4) is 5.75 Å². The van der Waals surface area contributed by atoms with Gasteiger partial charge in [0.2, 0.25) is 0 Å². The van der Waals surface area contributed by atoms with Crippen LogP contribution < -0.4 is 4.74 Å². The number of esters is 1. The molecule has 1 aromatic carbocycles. The maximum atomic E-state index is 12.4.